The molecule has 22 heavy (non-hydrogen) atoms. The van der Waals surface area contributed by atoms with Crippen molar-refractivity contribution in [3.05, 3.63) is 24.3 Å². The summed E-state index contributed by atoms with van der Waals surface area (Å²) in [5.41, 5.74) is -0.213. The van der Waals surface area contributed by atoms with E-state index >= 15 is 0 Å². The summed E-state index contributed by atoms with van der Waals surface area (Å²) in [6, 6.07) is 7.27. The SMILES string of the molecule is CC(C)CC(O)COc1cccc(OCC(O)C(C)(C)C)c1. The van der Waals surface area contributed by atoms with Crippen molar-refractivity contribution in [1.82, 2.24) is 0 Å². The molecule has 2 N–H and O–H groups in total. The van der Waals surface area contributed by atoms with Gasteiger partial charge in [0.15, 0.2) is 0 Å². The molecule has 0 bridgehead atoms. The van der Waals surface area contributed by atoms with Crippen LogP contribution < -0.4 is 9.47 Å². The van der Waals surface area contributed by atoms with E-state index < -0.39 is 12.2 Å². The monoisotopic (exact) mass is 310 g/mol. The Bertz CT molecular complexity index is 437. The Balaban J connectivity index is 2.49. The maximum Gasteiger partial charge on any atom is 0.123 e. The molecule has 0 amide bonds. The van der Waals surface area contributed by atoms with E-state index in [0.29, 0.717) is 23.8 Å². The van der Waals surface area contributed by atoms with Crippen LogP contribution in [0.25, 0.3) is 0 Å². The van der Waals surface area contributed by atoms with E-state index in [2.05, 4.69) is 13.8 Å². The van der Waals surface area contributed by atoms with Crippen LogP contribution in [0.5, 0.6) is 11.5 Å². The fraction of sp³-hybridized carbons (Fsp3) is 0.667. The highest BCUT2D eigenvalue weighted by Gasteiger charge is 2.22. The number of hydrogen-bond acceptors (Lipinski definition) is 4. The Kier molecular flexibility index (Phi) is 7.17. The third-order valence-corrected chi connectivity index (χ3v) is 3.40. The second-order valence-electron chi connectivity index (χ2n) is 7.26. The molecule has 0 aliphatic heterocycles. The first-order valence-electron chi connectivity index (χ1n) is 7.90. The van der Waals surface area contributed by atoms with Gasteiger partial charge < -0.3 is 19.7 Å². The minimum Gasteiger partial charge on any atom is -0.491 e. The lowest BCUT2D eigenvalue weighted by Gasteiger charge is -2.25. The van der Waals surface area contributed by atoms with E-state index in [1.54, 1.807) is 6.07 Å². The normalized spacial score (nSPS) is 14.7. The van der Waals surface area contributed by atoms with Gasteiger partial charge in [-0.2, -0.15) is 0 Å². The van der Waals surface area contributed by atoms with Crippen molar-refractivity contribution in [2.75, 3.05) is 13.2 Å². The lowest BCUT2D eigenvalue weighted by molar-refractivity contribution is 0.0217. The standard InChI is InChI=1S/C18H30O4/c1-13(2)9-14(19)11-21-15-7-6-8-16(10-15)22-12-17(20)18(3,4)5/h6-8,10,13-14,17,19-20H,9,11-12H2,1-5H3. The third kappa shape index (κ3) is 7.14. The van der Waals surface area contributed by atoms with Crippen LogP contribution in [-0.4, -0.2) is 35.6 Å². The highest BCUT2D eigenvalue weighted by molar-refractivity contribution is 5.33. The molecule has 4 heteroatoms. The van der Waals surface area contributed by atoms with Crippen LogP contribution >= 0.6 is 0 Å². The van der Waals surface area contributed by atoms with Gasteiger partial charge in [-0.05, 0) is 29.9 Å². The van der Waals surface area contributed by atoms with Gasteiger partial charge in [0.25, 0.3) is 0 Å². The second-order valence-corrected chi connectivity index (χ2v) is 7.26. The summed E-state index contributed by atoms with van der Waals surface area (Å²) in [5.74, 6) is 1.75. The van der Waals surface area contributed by atoms with Crippen molar-refractivity contribution in [2.24, 2.45) is 11.3 Å². The summed E-state index contributed by atoms with van der Waals surface area (Å²) in [6.45, 7) is 10.6. The quantitative estimate of drug-likeness (QED) is 0.774. The summed E-state index contributed by atoms with van der Waals surface area (Å²) in [4.78, 5) is 0. The van der Waals surface area contributed by atoms with Crippen molar-refractivity contribution >= 4 is 0 Å². The molecule has 1 aromatic carbocycles. The van der Waals surface area contributed by atoms with Crippen LogP contribution in [0.3, 0.4) is 0 Å². The largest absolute Gasteiger partial charge is 0.491 e. The first-order valence-corrected chi connectivity index (χ1v) is 7.90. The maximum absolute atomic E-state index is 9.99. The topological polar surface area (TPSA) is 58.9 Å². The number of benzene rings is 1. The molecule has 0 saturated heterocycles. The molecule has 0 aliphatic carbocycles. The van der Waals surface area contributed by atoms with Gasteiger partial charge in [-0.1, -0.05) is 40.7 Å². The van der Waals surface area contributed by atoms with Crippen LogP contribution in [-0.2, 0) is 0 Å². The average molecular weight is 310 g/mol. The molecule has 126 valence electrons. The maximum atomic E-state index is 9.99. The van der Waals surface area contributed by atoms with Gasteiger partial charge in [-0.25, -0.2) is 0 Å². The van der Waals surface area contributed by atoms with E-state index in [9.17, 15) is 10.2 Å². The minimum absolute atomic E-state index is 0.213. The smallest absolute Gasteiger partial charge is 0.123 e. The average Bonchev–Trinajstić information content (AvgIpc) is 2.41. The molecule has 2 unspecified atom stereocenters. The summed E-state index contributed by atoms with van der Waals surface area (Å²) in [7, 11) is 0. The lowest BCUT2D eigenvalue weighted by atomic mass is 9.90. The molecule has 0 spiro atoms. The highest BCUT2D eigenvalue weighted by atomic mass is 16.5. The van der Waals surface area contributed by atoms with Crippen molar-refractivity contribution in [3.8, 4) is 11.5 Å². The van der Waals surface area contributed by atoms with Crippen molar-refractivity contribution in [1.29, 1.82) is 0 Å². The van der Waals surface area contributed by atoms with Gasteiger partial charge in [0, 0.05) is 6.07 Å². The fourth-order valence-corrected chi connectivity index (χ4v) is 1.88. The van der Waals surface area contributed by atoms with E-state index in [4.69, 9.17) is 9.47 Å². The van der Waals surface area contributed by atoms with Gasteiger partial charge in [0.05, 0.1) is 12.2 Å². The van der Waals surface area contributed by atoms with E-state index in [1.807, 2.05) is 39.0 Å². The molecule has 1 aromatic rings. The van der Waals surface area contributed by atoms with Crippen LogP contribution in [0, 0.1) is 11.3 Å². The predicted molar refractivity (Wildman–Crippen MR) is 88.4 cm³/mol. The van der Waals surface area contributed by atoms with Gasteiger partial charge in [0.2, 0.25) is 0 Å². The molecular formula is C18H30O4. The van der Waals surface area contributed by atoms with Gasteiger partial charge >= 0.3 is 0 Å². The summed E-state index contributed by atoms with van der Waals surface area (Å²) < 4.78 is 11.2. The van der Waals surface area contributed by atoms with E-state index in [1.165, 1.54) is 0 Å². The Hall–Kier alpha value is -1.26. The Labute approximate surface area is 134 Å². The van der Waals surface area contributed by atoms with Crippen molar-refractivity contribution in [3.63, 3.8) is 0 Å². The van der Waals surface area contributed by atoms with Crippen molar-refractivity contribution in [2.45, 2.75) is 53.2 Å². The molecule has 2 atom stereocenters. The van der Waals surface area contributed by atoms with Gasteiger partial charge in [-0.15, -0.1) is 0 Å². The van der Waals surface area contributed by atoms with Gasteiger partial charge in [-0.3, -0.25) is 0 Å². The Morgan fingerprint density at radius 3 is 2.05 bits per heavy atom. The van der Waals surface area contributed by atoms with Crippen LogP contribution in [0.2, 0.25) is 0 Å². The lowest BCUT2D eigenvalue weighted by Crippen LogP contribution is -2.31. The molecule has 0 fully saturated rings. The predicted octanol–water partition coefficient (Wildman–Crippen LogP) is 3.26. The molecule has 4 nitrogen and oxygen atoms in total. The Morgan fingerprint density at radius 2 is 1.55 bits per heavy atom. The number of aliphatic hydroxyl groups is 2. The first kappa shape index (κ1) is 18.8. The molecule has 0 radical (unpaired) electrons. The first-order chi connectivity index (χ1) is 10.2. The zero-order valence-corrected chi connectivity index (χ0v) is 14.4. The zero-order valence-electron chi connectivity index (χ0n) is 14.4. The fourth-order valence-electron chi connectivity index (χ4n) is 1.88. The molecule has 0 heterocycles. The van der Waals surface area contributed by atoms with E-state index in [-0.39, 0.29) is 18.6 Å². The third-order valence-electron chi connectivity index (χ3n) is 3.40. The summed E-state index contributed by atoms with van der Waals surface area (Å²) >= 11 is 0. The summed E-state index contributed by atoms with van der Waals surface area (Å²) in [5, 5.41) is 19.8. The minimum atomic E-state index is -0.537. The van der Waals surface area contributed by atoms with Crippen molar-refractivity contribution < 1.29 is 19.7 Å². The number of ether oxygens (including phenoxy) is 2. The molecular weight excluding hydrogens is 280 g/mol. The molecule has 0 aliphatic rings. The molecule has 1 rings (SSSR count). The van der Waals surface area contributed by atoms with Gasteiger partial charge in [0.1, 0.15) is 24.7 Å². The number of hydrogen-bond donors (Lipinski definition) is 2. The van der Waals surface area contributed by atoms with E-state index in [0.717, 1.165) is 0 Å². The van der Waals surface area contributed by atoms with Crippen LogP contribution in [0.4, 0.5) is 0 Å². The van der Waals surface area contributed by atoms with Crippen LogP contribution in [0.15, 0.2) is 24.3 Å². The molecule has 0 saturated carbocycles. The number of aliphatic hydroxyl groups excluding tert-OH is 2. The molecule has 0 aromatic heterocycles. The second kappa shape index (κ2) is 8.39. The highest BCUT2D eigenvalue weighted by Crippen LogP contribution is 2.23. The summed E-state index contributed by atoms with van der Waals surface area (Å²) in [6.07, 6.45) is -0.286. The number of rotatable bonds is 8. The zero-order chi connectivity index (χ0) is 16.8. The Morgan fingerprint density at radius 1 is 1.00 bits per heavy atom. The van der Waals surface area contributed by atoms with Crippen LogP contribution in [0.1, 0.15) is 41.0 Å².